The Hall–Kier alpha value is -0.770. The lowest BCUT2D eigenvalue weighted by atomic mass is 10.0. The minimum Gasteiger partial charge on any atom is -0.495 e. The molecule has 0 aromatic heterocycles. The van der Waals surface area contributed by atoms with Crippen molar-refractivity contribution in [2.45, 2.75) is 32.9 Å². The van der Waals surface area contributed by atoms with Crippen molar-refractivity contribution in [1.29, 1.82) is 0 Å². The van der Waals surface area contributed by atoms with Crippen LogP contribution in [-0.2, 0) is 6.54 Å². The summed E-state index contributed by atoms with van der Waals surface area (Å²) in [7, 11) is 1.61. The van der Waals surface area contributed by atoms with Gasteiger partial charge in [0.25, 0.3) is 0 Å². The Morgan fingerprint density at radius 2 is 2.11 bits per heavy atom. The molecule has 0 saturated carbocycles. The van der Waals surface area contributed by atoms with Crippen LogP contribution in [0.15, 0.2) is 18.2 Å². The van der Waals surface area contributed by atoms with Gasteiger partial charge in [0.1, 0.15) is 5.75 Å². The topological polar surface area (TPSA) is 41.5 Å². The van der Waals surface area contributed by atoms with Crippen molar-refractivity contribution in [2.75, 3.05) is 13.7 Å². The highest BCUT2D eigenvalue weighted by Crippen LogP contribution is 2.24. The fourth-order valence-corrected chi connectivity index (χ4v) is 2.23. The minimum absolute atomic E-state index is 0.239. The van der Waals surface area contributed by atoms with Crippen LogP contribution in [0, 0.1) is 5.92 Å². The van der Waals surface area contributed by atoms with E-state index in [9.17, 15) is 5.11 Å². The molecule has 0 bridgehead atoms. The van der Waals surface area contributed by atoms with Crippen LogP contribution >= 0.6 is 11.6 Å². The Morgan fingerprint density at radius 1 is 1.39 bits per heavy atom. The molecular formula is C14H22ClNO2. The highest BCUT2D eigenvalue weighted by Gasteiger charge is 2.06. The molecule has 0 saturated heterocycles. The van der Waals surface area contributed by atoms with E-state index in [1.54, 1.807) is 7.11 Å². The molecule has 1 aromatic rings. The summed E-state index contributed by atoms with van der Waals surface area (Å²) in [6.07, 6.45) is 0.577. The van der Waals surface area contributed by atoms with Gasteiger partial charge in [0.2, 0.25) is 0 Å². The molecule has 1 aromatic carbocycles. The number of nitrogens with one attached hydrogen (secondary N) is 1. The maximum atomic E-state index is 9.27. The number of ether oxygens (including phenoxy) is 1. The highest BCUT2D eigenvalue weighted by atomic mass is 35.5. The summed E-state index contributed by atoms with van der Waals surface area (Å²) in [4.78, 5) is 0. The summed E-state index contributed by atoms with van der Waals surface area (Å²) in [6, 6.07) is 5.78. The van der Waals surface area contributed by atoms with Gasteiger partial charge >= 0.3 is 0 Å². The largest absolute Gasteiger partial charge is 0.495 e. The van der Waals surface area contributed by atoms with Crippen molar-refractivity contribution < 1.29 is 9.84 Å². The summed E-state index contributed by atoms with van der Waals surface area (Å²) in [5.41, 5.74) is 1.13. The molecule has 18 heavy (non-hydrogen) atoms. The van der Waals surface area contributed by atoms with Gasteiger partial charge in [0.05, 0.1) is 18.2 Å². The first-order valence-electron chi connectivity index (χ1n) is 6.24. The number of hydrogen-bond acceptors (Lipinski definition) is 3. The highest BCUT2D eigenvalue weighted by molar-refractivity contribution is 6.32. The number of aliphatic hydroxyl groups is 1. The number of benzene rings is 1. The zero-order chi connectivity index (χ0) is 13.5. The number of aliphatic hydroxyl groups excluding tert-OH is 1. The number of hydrogen-bond donors (Lipinski definition) is 2. The molecule has 1 rings (SSSR count). The smallest absolute Gasteiger partial charge is 0.137 e. The number of halogens is 1. The van der Waals surface area contributed by atoms with E-state index < -0.39 is 0 Å². The summed E-state index contributed by atoms with van der Waals surface area (Å²) in [5, 5.41) is 13.3. The minimum atomic E-state index is -0.239. The van der Waals surface area contributed by atoms with Crippen molar-refractivity contribution in [3.8, 4) is 5.75 Å². The van der Waals surface area contributed by atoms with E-state index in [1.807, 2.05) is 25.1 Å². The van der Waals surface area contributed by atoms with E-state index in [4.69, 9.17) is 16.3 Å². The second-order valence-corrected chi connectivity index (χ2v) is 5.20. The van der Waals surface area contributed by atoms with Crippen molar-refractivity contribution in [2.24, 2.45) is 5.92 Å². The van der Waals surface area contributed by atoms with Crippen LogP contribution in [0.3, 0.4) is 0 Å². The lowest BCUT2D eigenvalue weighted by Gasteiger charge is -2.14. The monoisotopic (exact) mass is 271 g/mol. The predicted octanol–water partition coefficient (Wildman–Crippen LogP) is 2.85. The van der Waals surface area contributed by atoms with Gasteiger partial charge in [-0.15, -0.1) is 0 Å². The van der Waals surface area contributed by atoms with Crippen molar-refractivity contribution in [3.05, 3.63) is 28.8 Å². The summed E-state index contributed by atoms with van der Waals surface area (Å²) >= 11 is 6.05. The van der Waals surface area contributed by atoms with Crippen LogP contribution in [0.5, 0.6) is 5.75 Å². The molecule has 0 spiro atoms. The average molecular weight is 272 g/mol. The van der Waals surface area contributed by atoms with Gasteiger partial charge in [-0.2, -0.15) is 0 Å². The second kappa shape index (κ2) is 7.62. The normalized spacial score (nSPS) is 14.3. The van der Waals surface area contributed by atoms with E-state index in [0.29, 0.717) is 16.7 Å². The van der Waals surface area contributed by atoms with Crippen LogP contribution in [-0.4, -0.2) is 24.9 Å². The maximum absolute atomic E-state index is 9.27. The van der Waals surface area contributed by atoms with E-state index in [-0.39, 0.29) is 6.10 Å². The van der Waals surface area contributed by atoms with E-state index in [1.165, 1.54) is 0 Å². The van der Waals surface area contributed by atoms with Gasteiger partial charge < -0.3 is 15.2 Å². The molecule has 3 nitrogen and oxygen atoms in total. The molecular weight excluding hydrogens is 250 g/mol. The fourth-order valence-electron chi connectivity index (χ4n) is 1.95. The predicted molar refractivity (Wildman–Crippen MR) is 75.2 cm³/mol. The van der Waals surface area contributed by atoms with Gasteiger partial charge in [-0.25, -0.2) is 0 Å². The van der Waals surface area contributed by atoms with E-state index in [0.717, 1.165) is 25.1 Å². The Kier molecular flexibility index (Phi) is 6.47. The van der Waals surface area contributed by atoms with Crippen LogP contribution in [0.1, 0.15) is 25.8 Å². The first-order valence-corrected chi connectivity index (χ1v) is 6.62. The number of rotatable bonds is 7. The molecule has 0 radical (unpaired) electrons. The first kappa shape index (κ1) is 15.3. The lowest BCUT2D eigenvalue weighted by molar-refractivity contribution is 0.163. The Balaban J connectivity index is 2.37. The molecule has 0 amide bonds. The third-order valence-electron chi connectivity index (χ3n) is 2.78. The summed E-state index contributed by atoms with van der Waals surface area (Å²) in [6.45, 7) is 5.60. The average Bonchev–Trinajstić information content (AvgIpc) is 2.28. The molecule has 0 aliphatic heterocycles. The van der Waals surface area contributed by atoms with Crippen LogP contribution < -0.4 is 10.1 Å². The molecule has 102 valence electrons. The SMILES string of the molecule is COc1ccc(CNCC(C)CC(C)O)cc1Cl. The zero-order valence-corrected chi connectivity index (χ0v) is 12.0. The van der Waals surface area contributed by atoms with Gasteiger partial charge in [0, 0.05) is 6.54 Å². The zero-order valence-electron chi connectivity index (χ0n) is 11.2. The summed E-state index contributed by atoms with van der Waals surface area (Å²) < 4.78 is 5.11. The van der Waals surface area contributed by atoms with Crippen LogP contribution in [0.4, 0.5) is 0 Å². The fraction of sp³-hybridized carbons (Fsp3) is 0.571. The Labute approximate surface area is 114 Å². The van der Waals surface area contributed by atoms with Crippen LogP contribution in [0.25, 0.3) is 0 Å². The Bertz CT molecular complexity index is 369. The Morgan fingerprint density at radius 3 is 2.67 bits per heavy atom. The van der Waals surface area contributed by atoms with Gasteiger partial charge in [-0.1, -0.05) is 24.6 Å². The standard InChI is InChI=1S/C14H22ClNO2/c1-10(6-11(2)17)8-16-9-12-4-5-14(18-3)13(15)7-12/h4-5,7,10-11,16-17H,6,8-9H2,1-3H3. The molecule has 0 aliphatic carbocycles. The van der Waals surface area contributed by atoms with Gasteiger partial charge in [-0.05, 0) is 43.5 Å². The molecule has 4 heteroatoms. The van der Waals surface area contributed by atoms with Crippen LogP contribution in [0.2, 0.25) is 5.02 Å². The van der Waals surface area contributed by atoms with E-state index in [2.05, 4.69) is 12.2 Å². The van der Waals surface area contributed by atoms with Crippen molar-refractivity contribution in [1.82, 2.24) is 5.32 Å². The second-order valence-electron chi connectivity index (χ2n) is 4.79. The third-order valence-corrected chi connectivity index (χ3v) is 3.08. The summed E-state index contributed by atoms with van der Waals surface area (Å²) in [5.74, 6) is 1.15. The van der Waals surface area contributed by atoms with E-state index >= 15 is 0 Å². The molecule has 0 fully saturated rings. The maximum Gasteiger partial charge on any atom is 0.137 e. The molecule has 2 unspecified atom stereocenters. The quantitative estimate of drug-likeness (QED) is 0.801. The molecule has 0 heterocycles. The third kappa shape index (κ3) is 5.25. The number of methoxy groups -OCH3 is 1. The molecule has 2 atom stereocenters. The molecule has 2 N–H and O–H groups in total. The lowest BCUT2D eigenvalue weighted by Crippen LogP contribution is -2.23. The first-order chi connectivity index (χ1) is 8.52. The molecule has 0 aliphatic rings. The van der Waals surface area contributed by atoms with Crippen molar-refractivity contribution in [3.63, 3.8) is 0 Å². The van der Waals surface area contributed by atoms with Crippen molar-refractivity contribution >= 4 is 11.6 Å². The van der Waals surface area contributed by atoms with Gasteiger partial charge in [-0.3, -0.25) is 0 Å². The van der Waals surface area contributed by atoms with Gasteiger partial charge in [0.15, 0.2) is 0 Å².